The van der Waals surface area contributed by atoms with Crippen molar-refractivity contribution in [3.8, 4) is 0 Å². The molecular formula is C11H22N2O2. The van der Waals surface area contributed by atoms with E-state index in [4.69, 9.17) is 10.5 Å². The second-order valence-corrected chi connectivity index (χ2v) is 5.38. The summed E-state index contributed by atoms with van der Waals surface area (Å²) in [5, 5.41) is 2.98. The molecule has 4 nitrogen and oxygen atoms in total. The van der Waals surface area contributed by atoms with Crippen molar-refractivity contribution in [1.82, 2.24) is 5.32 Å². The number of hydrogen-bond donors (Lipinski definition) is 2. The normalized spacial score (nSPS) is 22.9. The van der Waals surface area contributed by atoms with Gasteiger partial charge in [0.1, 0.15) is 0 Å². The summed E-state index contributed by atoms with van der Waals surface area (Å²) in [4.78, 5) is 12.0. The maximum Gasteiger partial charge on any atom is 0.227 e. The van der Waals surface area contributed by atoms with Crippen molar-refractivity contribution in [3.63, 3.8) is 0 Å². The molecule has 0 bridgehead atoms. The average Bonchev–Trinajstić information content (AvgIpc) is 2.54. The smallest absolute Gasteiger partial charge is 0.227 e. The molecule has 4 heteroatoms. The van der Waals surface area contributed by atoms with Crippen molar-refractivity contribution in [3.05, 3.63) is 0 Å². The minimum absolute atomic E-state index is 0.00509. The van der Waals surface area contributed by atoms with E-state index in [1.165, 1.54) is 0 Å². The van der Waals surface area contributed by atoms with Gasteiger partial charge in [0.05, 0.1) is 18.1 Å². The number of nitrogens with one attached hydrogen (secondary N) is 1. The Morgan fingerprint density at radius 3 is 2.40 bits per heavy atom. The lowest BCUT2D eigenvalue weighted by molar-refractivity contribution is -0.133. The lowest BCUT2D eigenvalue weighted by Crippen LogP contribution is -2.57. The van der Waals surface area contributed by atoms with Gasteiger partial charge in [-0.1, -0.05) is 0 Å². The number of rotatable bonds is 3. The molecule has 0 aromatic carbocycles. The summed E-state index contributed by atoms with van der Waals surface area (Å²) in [5.74, 6) is 0.00509. The average molecular weight is 214 g/mol. The van der Waals surface area contributed by atoms with Gasteiger partial charge in [-0.3, -0.25) is 4.79 Å². The van der Waals surface area contributed by atoms with E-state index in [1.54, 1.807) is 0 Å². The molecule has 1 rings (SSSR count). The van der Waals surface area contributed by atoms with Crippen LogP contribution in [-0.2, 0) is 9.53 Å². The summed E-state index contributed by atoms with van der Waals surface area (Å²) >= 11 is 0. The van der Waals surface area contributed by atoms with Gasteiger partial charge in [-0.2, -0.15) is 0 Å². The predicted molar refractivity (Wildman–Crippen MR) is 59.4 cm³/mol. The number of carbonyl (C=O) groups is 1. The van der Waals surface area contributed by atoms with E-state index < -0.39 is 11.0 Å². The molecule has 0 radical (unpaired) electrons. The van der Waals surface area contributed by atoms with Crippen LogP contribution in [0.4, 0.5) is 0 Å². The third-order valence-electron chi connectivity index (χ3n) is 3.44. The number of nitrogens with two attached hydrogens (primary N) is 1. The quantitative estimate of drug-likeness (QED) is 0.725. The maximum absolute atomic E-state index is 12.0. The monoisotopic (exact) mass is 214 g/mol. The van der Waals surface area contributed by atoms with Gasteiger partial charge in [-0.25, -0.2) is 0 Å². The molecule has 3 N–H and O–H groups in total. The summed E-state index contributed by atoms with van der Waals surface area (Å²) in [6.07, 6.45) is 0.896. The fourth-order valence-electron chi connectivity index (χ4n) is 1.31. The second kappa shape index (κ2) is 4.10. The lowest BCUT2D eigenvalue weighted by atomic mass is 9.74. The summed E-state index contributed by atoms with van der Waals surface area (Å²) in [5.41, 5.74) is 4.89. The first-order valence-electron chi connectivity index (χ1n) is 5.43. The second-order valence-electron chi connectivity index (χ2n) is 5.38. The predicted octanol–water partition coefficient (Wildman–Crippen LogP) is 0.655. The van der Waals surface area contributed by atoms with Gasteiger partial charge in [0, 0.05) is 12.1 Å². The molecule has 1 atom stereocenters. The van der Waals surface area contributed by atoms with Gasteiger partial charge in [-0.15, -0.1) is 0 Å². The highest BCUT2D eigenvalue weighted by molar-refractivity contribution is 5.83. The van der Waals surface area contributed by atoms with E-state index in [0.29, 0.717) is 6.61 Å². The summed E-state index contributed by atoms with van der Waals surface area (Å²) in [7, 11) is 0. The first-order chi connectivity index (χ1) is 6.75. The maximum atomic E-state index is 12.0. The zero-order valence-corrected chi connectivity index (χ0v) is 10.1. The van der Waals surface area contributed by atoms with Crippen LogP contribution in [0, 0.1) is 5.41 Å². The Kier molecular flexibility index (Phi) is 3.41. The van der Waals surface area contributed by atoms with Crippen LogP contribution in [-0.4, -0.2) is 30.7 Å². The van der Waals surface area contributed by atoms with E-state index in [-0.39, 0.29) is 11.9 Å². The number of hydrogen-bond acceptors (Lipinski definition) is 3. The first kappa shape index (κ1) is 12.5. The molecular weight excluding hydrogens is 192 g/mol. The van der Waals surface area contributed by atoms with Gasteiger partial charge in [0.25, 0.3) is 0 Å². The van der Waals surface area contributed by atoms with Crippen LogP contribution in [0.2, 0.25) is 0 Å². The molecule has 0 aromatic rings. The lowest BCUT2D eigenvalue weighted by Gasteiger charge is -2.37. The Labute approximate surface area is 91.5 Å². The molecule has 15 heavy (non-hydrogen) atoms. The zero-order chi connectivity index (χ0) is 11.7. The van der Waals surface area contributed by atoms with Crippen molar-refractivity contribution in [2.75, 3.05) is 13.2 Å². The van der Waals surface area contributed by atoms with Crippen molar-refractivity contribution in [1.29, 1.82) is 0 Å². The van der Waals surface area contributed by atoms with Crippen LogP contribution < -0.4 is 11.1 Å². The standard InChI is InChI=1S/C11H22N2O2/c1-10(2,11(3,4)12)9(14)13-8-5-6-15-7-8/h8H,5-7,12H2,1-4H3,(H,13,14). The van der Waals surface area contributed by atoms with E-state index in [1.807, 2.05) is 27.7 Å². The van der Waals surface area contributed by atoms with Crippen molar-refractivity contribution >= 4 is 5.91 Å². The van der Waals surface area contributed by atoms with Crippen molar-refractivity contribution < 1.29 is 9.53 Å². The molecule has 0 aliphatic carbocycles. The minimum Gasteiger partial charge on any atom is -0.379 e. The summed E-state index contributed by atoms with van der Waals surface area (Å²) in [6, 6.07) is 0.152. The molecule has 1 aliphatic heterocycles. The van der Waals surface area contributed by atoms with Crippen LogP contribution in [0.1, 0.15) is 34.1 Å². The van der Waals surface area contributed by atoms with E-state index in [2.05, 4.69) is 5.32 Å². The highest BCUT2D eigenvalue weighted by atomic mass is 16.5. The van der Waals surface area contributed by atoms with Crippen LogP contribution >= 0.6 is 0 Å². The van der Waals surface area contributed by atoms with Crippen LogP contribution in [0.5, 0.6) is 0 Å². The SMILES string of the molecule is CC(C)(N)C(C)(C)C(=O)NC1CCOC1. The molecule has 1 amide bonds. The molecule has 1 saturated heterocycles. The van der Waals surface area contributed by atoms with E-state index >= 15 is 0 Å². The Morgan fingerprint density at radius 2 is 2.00 bits per heavy atom. The van der Waals surface area contributed by atoms with Gasteiger partial charge in [0.15, 0.2) is 0 Å². The van der Waals surface area contributed by atoms with Crippen molar-refractivity contribution in [2.24, 2.45) is 11.1 Å². The largest absolute Gasteiger partial charge is 0.379 e. The van der Waals surface area contributed by atoms with E-state index in [0.717, 1.165) is 13.0 Å². The fourth-order valence-corrected chi connectivity index (χ4v) is 1.31. The topological polar surface area (TPSA) is 64.4 Å². The Bertz CT molecular complexity index is 237. The van der Waals surface area contributed by atoms with Crippen molar-refractivity contribution in [2.45, 2.75) is 45.7 Å². The van der Waals surface area contributed by atoms with Gasteiger partial charge in [-0.05, 0) is 34.1 Å². The van der Waals surface area contributed by atoms with Crippen LogP contribution in [0.15, 0.2) is 0 Å². The van der Waals surface area contributed by atoms with Gasteiger partial charge in [0.2, 0.25) is 5.91 Å². The zero-order valence-electron chi connectivity index (χ0n) is 10.1. The number of carbonyl (C=O) groups excluding carboxylic acids is 1. The highest BCUT2D eigenvalue weighted by Gasteiger charge is 2.41. The van der Waals surface area contributed by atoms with Gasteiger partial charge >= 0.3 is 0 Å². The molecule has 88 valence electrons. The molecule has 1 heterocycles. The summed E-state index contributed by atoms with van der Waals surface area (Å²) < 4.78 is 5.21. The van der Waals surface area contributed by atoms with Crippen LogP contribution in [0.25, 0.3) is 0 Å². The Hall–Kier alpha value is -0.610. The summed E-state index contributed by atoms with van der Waals surface area (Å²) in [6.45, 7) is 8.84. The molecule has 1 aliphatic rings. The third-order valence-corrected chi connectivity index (χ3v) is 3.44. The first-order valence-corrected chi connectivity index (χ1v) is 5.43. The molecule has 0 spiro atoms. The Morgan fingerprint density at radius 1 is 1.40 bits per heavy atom. The fraction of sp³-hybridized carbons (Fsp3) is 0.909. The Balaban J connectivity index is 2.59. The van der Waals surface area contributed by atoms with E-state index in [9.17, 15) is 4.79 Å². The minimum atomic E-state index is -0.574. The number of amides is 1. The molecule has 1 fully saturated rings. The molecule has 0 aromatic heterocycles. The third kappa shape index (κ3) is 2.69. The molecule has 1 unspecified atom stereocenters. The van der Waals surface area contributed by atoms with Gasteiger partial charge < -0.3 is 15.8 Å². The van der Waals surface area contributed by atoms with Crippen LogP contribution in [0.3, 0.4) is 0 Å². The highest BCUT2D eigenvalue weighted by Crippen LogP contribution is 2.28. The number of ether oxygens (including phenoxy) is 1. The molecule has 0 saturated carbocycles.